The van der Waals surface area contributed by atoms with Crippen molar-refractivity contribution in [2.75, 3.05) is 11.9 Å². The Hall–Kier alpha value is -1.22. The largest absolute Gasteiger partial charge is 0.376 e. The van der Waals surface area contributed by atoms with Gasteiger partial charge in [-0.15, -0.1) is 0 Å². The van der Waals surface area contributed by atoms with Crippen LogP contribution in [0.3, 0.4) is 0 Å². The van der Waals surface area contributed by atoms with Crippen molar-refractivity contribution in [2.45, 2.75) is 25.8 Å². The maximum absolute atomic E-state index is 11.4. The molecule has 16 heavy (non-hydrogen) atoms. The molecule has 4 heteroatoms. The summed E-state index contributed by atoms with van der Waals surface area (Å²) in [6, 6.07) is 6.10. The molecule has 0 aliphatic heterocycles. The highest BCUT2D eigenvalue weighted by Crippen LogP contribution is 2.20. The van der Waals surface area contributed by atoms with Crippen molar-refractivity contribution >= 4 is 23.2 Å². The van der Waals surface area contributed by atoms with Crippen LogP contribution in [0.15, 0.2) is 18.2 Å². The molecule has 1 aromatic carbocycles. The van der Waals surface area contributed by atoms with Crippen LogP contribution >= 0.6 is 11.6 Å². The van der Waals surface area contributed by atoms with Gasteiger partial charge in [0.25, 0.3) is 0 Å². The second-order valence-electron chi connectivity index (χ2n) is 4.16. The summed E-state index contributed by atoms with van der Waals surface area (Å²) >= 11 is 5.98. The van der Waals surface area contributed by atoms with Gasteiger partial charge < -0.3 is 10.6 Å². The van der Waals surface area contributed by atoms with E-state index in [0.29, 0.717) is 17.6 Å². The highest BCUT2D eigenvalue weighted by atomic mass is 35.5. The molecule has 0 radical (unpaired) electrons. The fourth-order valence-electron chi connectivity index (χ4n) is 1.39. The molecule has 1 aliphatic carbocycles. The van der Waals surface area contributed by atoms with E-state index in [1.54, 1.807) is 0 Å². The van der Waals surface area contributed by atoms with Crippen LogP contribution in [-0.2, 0) is 4.79 Å². The fourth-order valence-corrected chi connectivity index (χ4v) is 1.57. The number of halogens is 1. The molecule has 1 fully saturated rings. The standard InChI is InChI=1S/C12H15ClN2O/c1-8-2-3-10(6-11(8)13)14-7-12(16)15-9-4-5-9/h2-3,6,9,14H,4-5,7H2,1H3,(H,15,16). The van der Waals surface area contributed by atoms with Crippen molar-refractivity contribution in [1.29, 1.82) is 0 Å². The Bertz CT molecular complexity index is 402. The maximum Gasteiger partial charge on any atom is 0.239 e. The summed E-state index contributed by atoms with van der Waals surface area (Å²) in [5, 5.41) is 6.68. The van der Waals surface area contributed by atoms with Crippen LogP contribution in [0.4, 0.5) is 5.69 Å². The molecule has 0 unspecified atom stereocenters. The first kappa shape index (κ1) is 11.3. The molecule has 0 spiro atoms. The molecule has 0 heterocycles. The Kier molecular flexibility index (Phi) is 3.34. The van der Waals surface area contributed by atoms with Crippen molar-refractivity contribution in [3.63, 3.8) is 0 Å². The number of hydrogen-bond donors (Lipinski definition) is 2. The van der Waals surface area contributed by atoms with Gasteiger partial charge in [0.15, 0.2) is 0 Å². The van der Waals surface area contributed by atoms with E-state index >= 15 is 0 Å². The lowest BCUT2D eigenvalue weighted by Gasteiger charge is -2.08. The third-order valence-corrected chi connectivity index (χ3v) is 2.97. The van der Waals surface area contributed by atoms with Crippen LogP contribution in [0, 0.1) is 6.92 Å². The van der Waals surface area contributed by atoms with E-state index in [1.165, 1.54) is 0 Å². The minimum absolute atomic E-state index is 0.0409. The van der Waals surface area contributed by atoms with E-state index < -0.39 is 0 Å². The minimum Gasteiger partial charge on any atom is -0.376 e. The summed E-state index contributed by atoms with van der Waals surface area (Å²) < 4.78 is 0. The van der Waals surface area contributed by atoms with E-state index in [0.717, 1.165) is 24.1 Å². The average molecular weight is 239 g/mol. The molecule has 0 bridgehead atoms. The number of rotatable bonds is 4. The number of hydrogen-bond acceptors (Lipinski definition) is 2. The van der Waals surface area contributed by atoms with Crippen molar-refractivity contribution in [3.05, 3.63) is 28.8 Å². The molecule has 1 saturated carbocycles. The Morgan fingerprint density at radius 1 is 1.50 bits per heavy atom. The van der Waals surface area contributed by atoms with Gasteiger partial charge in [-0.25, -0.2) is 0 Å². The van der Waals surface area contributed by atoms with Crippen LogP contribution in [-0.4, -0.2) is 18.5 Å². The minimum atomic E-state index is 0.0409. The predicted molar refractivity (Wildman–Crippen MR) is 65.8 cm³/mol. The molecule has 0 atom stereocenters. The topological polar surface area (TPSA) is 41.1 Å². The van der Waals surface area contributed by atoms with Crippen molar-refractivity contribution in [3.8, 4) is 0 Å². The van der Waals surface area contributed by atoms with Crippen LogP contribution in [0.5, 0.6) is 0 Å². The molecule has 1 aromatic rings. The quantitative estimate of drug-likeness (QED) is 0.846. The van der Waals surface area contributed by atoms with Gasteiger partial charge in [0.05, 0.1) is 6.54 Å². The Balaban J connectivity index is 1.83. The molecular weight excluding hydrogens is 224 g/mol. The van der Waals surface area contributed by atoms with Gasteiger partial charge in [0.1, 0.15) is 0 Å². The lowest BCUT2D eigenvalue weighted by molar-refractivity contribution is -0.119. The molecule has 3 nitrogen and oxygen atoms in total. The fraction of sp³-hybridized carbons (Fsp3) is 0.417. The van der Waals surface area contributed by atoms with E-state index in [2.05, 4.69) is 10.6 Å². The van der Waals surface area contributed by atoms with Gasteiger partial charge in [0.2, 0.25) is 5.91 Å². The Morgan fingerprint density at radius 3 is 2.88 bits per heavy atom. The second-order valence-corrected chi connectivity index (χ2v) is 4.57. The summed E-state index contributed by atoms with van der Waals surface area (Å²) in [7, 11) is 0. The normalized spacial score (nSPS) is 14.6. The highest BCUT2D eigenvalue weighted by Gasteiger charge is 2.22. The lowest BCUT2D eigenvalue weighted by atomic mass is 10.2. The third-order valence-electron chi connectivity index (χ3n) is 2.57. The van der Waals surface area contributed by atoms with Gasteiger partial charge in [-0.3, -0.25) is 4.79 Å². The average Bonchev–Trinajstić information content (AvgIpc) is 3.04. The van der Waals surface area contributed by atoms with Crippen molar-refractivity contribution < 1.29 is 4.79 Å². The number of carbonyl (C=O) groups is 1. The number of carbonyl (C=O) groups excluding carboxylic acids is 1. The molecule has 1 aliphatic rings. The zero-order valence-electron chi connectivity index (χ0n) is 9.22. The van der Waals surface area contributed by atoms with Gasteiger partial charge in [-0.05, 0) is 37.5 Å². The van der Waals surface area contributed by atoms with Gasteiger partial charge >= 0.3 is 0 Å². The second kappa shape index (κ2) is 4.74. The third kappa shape index (κ3) is 3.14. The summed E-state index contributed by atoms with van der Waals surface area (Å²) in [5.74, 6) is 0.0409. The van der Waals surface area contributed by atoms with Gasteiger partial charge in [-0.2, -0.15) is 0 Å². The lowest BCUT2D eigenvalue weighted by Crippen LogP contribution is -2.31. The zero-order chi connectivity index (χ0) is 11.5. The Morgan fingerprint density at radius 2 is 2.25 bits per heavy atom. The van der Waals surface area contributed by atoms with Crippen molar-refractivity contribution in [1.82, 2.24) is 5.32 Å². The summed E-state index contributed by atoms with van der Waals surface area (Å²) in [4.78, 5) is 11.4. The van der Waals surface area contributed by atoms with Crippen LogP contribution in [0.25, 0.3) is 0 Å². The van der Waals surface area contributed by atoms with Crippen LogP contribution in [0.2, 0.25) is 5.02 Å². The maximum atomic E-state index is 11.4. The van der Waals surface area contributed by atoms with E-state index in [4.69, 9.17) is 11.6 Å². The number of benzene rings is 1. The van der Waals surface area contributed by atoms with Crippen molar-refractivity contribution in [2.24, 2.45) is 0 Å². The SMILES string of the molecule is Cc1ccc(NCC(=O)NC2CC2)cc1Cl. The number of anilines is 1. The monoisotopic (exact) mass is 238 g/mol. The van der Waals surface area contributed by atoms with Gasteiger partial charge in [0, 0.05) is 16.8 Å². The molecule has 86 valence electrons. The Labute approximate surface area is 100 Å². The first-order valence-corrected chi connectivity index (χ1v) is 5.82. The molecule has 2 N–H and O–H groups in total. The smallest absolute Gasteiger partial charge is 0.239 e. The molecular formula is C12H15ClN2O. The number of aryl methyl sites for hydroxylation is 1. The van der Waals surface area contributed by atoms with Crippen LogP contribution < -0.4 is 10.6 Å². The first-order valence-electron chi connectivity index (χ1n) is 5.44. The molecule has 1 amide bonds. The number of amides is 1. The summed E-state index contributed by atoms with van der Waals surface area (Å²) in [6.07, 6.45) is 2.23. The highest BCUT2D eigenvalue weighted by molar-refractivity contribution is 6.31. The first-order chi connectivity index (χ1) is 7.65. The van der Waals surface area contributed by atoms with Gasteiger partial charge in [-0.1, -0.05) is 17.7 Å². The molecule has 0 saturated heterocycles. The molecule has 2 rings (SSSR count). The van der Waals surface area contributed by atoms with Crippen LogP contribution in [0.1, 0.15) is 18.4 Å². The van der Waals surface area contributed by atoms with E-state index in [9.17, 15) is 4.79 Å². The van der Waals surface area contributed by atoms with E-state index in [1.807, 2.05) is 25.1 Å². The molecule has 0 aromatic heterocycles. The summed E-state index contributed by atoms with van der Waals surface area (Å²) in [5.41, 5.74) is 1.91. The zero-order valence-corrected chi connectivity index (χ0v) is 9.97. The summed E-state index contributed by atoms with van der Waals surface area (Å²) in [6.45, 7) is 2.25. The van der Waals surface area contributed by atoms with E-state index in [-0.39, 0.29) is 5.91 Å². The predicted octanol–water partition coefficient (Wildman–Crippen LogP) is 2.34. The number of nitrogens with one attached hydrogen (secondary N) is 2.